The van der Waals surface area contributed by atoms with Crippen molar-refractivity contribution in [2.45, 2.75) is 6.04 Å². The van der Waals surface area contributed by atoms with Crippen molar-refractivity contribution < 1.29 is 19.4 Å². The fourth-order valence-electron chi connectivity index (χ4n) is 2.84. The molecule has 0 spiro atoms. The Bertz CT molecular complexity index is 1240. The van der Waals surface area contributed by atoms with E-state index >= 15 is 0 Å². The molecule has 2 aromatic carbocycles. The van der Waals surface area contributed by atoms with Crippen molar-refractivity contribution in [2.75, 3.05) is 18.5 Å². The molecule has 12 heteroatoms. The minimum Gasteiger partial charge on any atom is -0.394 e. The highest BCUT2D eigenvalue weighted by Crippen LogP contribution is 2.33. The number of benzene rings is 2. The molecule has 9 nitrogen and oxygen atoms in total. The van der Waals surface area contributed by atoms with Gasteiger partial charge in [0.1, 0.15) is 5.82 Å². The highest BCUT2D eigenvalue weighted by Gasteiger charge is 2.18. The van der Waals surface area contributed by atoms with Gasteiger partial charge in [-0.05, 0) is 30.3 Å². The molecule has 0 aliphatic rings. The number of fused-ring (bicyclic) bond motifs is 1. The van der Waals surface area contributed by atoms with E-state index < -0.39 is 31.0 Å². The molecular formula is C19H16ClFN6O3S. The van der Waals surface area contributed by atoms with E-state index in [1.54, 1.807) is 12.3 Å². The number of nitrogens with zero attached hydrogens (tertiary/aromatic N) is 3. The first-order valence-electron chi connectivity index (χ1n) is 9.05. The van der Waals surface area contributed by atoms with Crippen LogP contribution in [0.25, 0.3) is 22.3 Å². The number of carbonyl (C=O) groups is 1. The van der Waals surface area contributed by atoms with E-state index in [4.69, 9.17) is 21.8 Å². The summed E-state index contributed by atoms with van der Waals surface area (Å²) in [4.78, 5) is 16.7. The van der Waals surface area contributed by atoms with Crippen molar-refractivity contribution in [2.24, 2.45) is 0 Å². The Balaban J connectivity index is 1.57. The maximum Gasteiger partial charge on any atom is 0.254 e. The first-order valence-corrected chi connectivity index (χ1v) is 10.2. The number of amides is 1. The van der Waals surface area contributed by atoms with Gasteiger partial charge in [-0.1, -0.05) is 11.6 Å². The second-order valence-corrected chi connectivity index (χ2v) is 7.67. The summed E-state index contributed by atoms with van der Waals surface area (Å²) in [5.41, 5.74) is 1.60. The van der Waals surface area contributed by atoms with Gasteiger partial charge in [0.25, 0.3) is 5.91 Å². The molecule has 5 N–H and O–H groups in total. The van der Waals surface area contributed by atoms with Crippen LogP contribution in [-0.2, 0) is 0 Å². The van der Waals surface area contributed by atoms with Gasteiger partial charge in [-0.25, -0.2) is 4.39 Å². The van der Waals surface area contributed by atoms with Gasteiger partial charge in [0.2, 0.25) is 5.13 Å². The SMILES string of the molecule is O=C(NC(CO)CO)c1cc(-c2nsc(Nc3ccc4[nH]ncc4c3Cl)n2)ccc1F. The van der Waals surface area contributed by atoms with E-state index in [1.807, 2.05) is 6.07 Å². The van der Waals surface area contributed by atoms with Crippen LogP contribution in [0.1, 0.15) is 10.4 Å². The van der Waals surface area contributed by atoms with Crippen molar-refractivity contribution in [1.29, 1.82) is 0 Å². The van der Waals surface area contributed by atoms with Crippen LogP contribution in [0.4, 0.5) is 15.2 Å². The summed E-state index contributed by atoms with van der Waals surface area (Å²) in [6.45, 7) is -0.946. The van der Waals surface area contributed by atoms with Gasteiger partial charge < -0.3 is 20.8 Å². The van der Waals surface area contributed by atoms with Crippen LogP contribution in [0.3, 0.4) is 0 Å². The average molecular weight is 463 g/mol. The maximum absolute atomic E-state index is 14.2. The molecular weight excluding hydrogens is 447 g/mol. The molecule has 0 aliphatic heterocycles. The summed E-state index contributed by atoms with van der Waals surface area (Å²) >= 11 is 7.48. The van der Waals surface area contributed by atoms with E-state index in [9.17, 15) is 9.18 Å². The van der Waals surface area contributed by atoms with Gasteiger partial charge in [-0.3, -0.25) is 9.89 Å². The Labute approximate surface area is 184 Å². The second kappa shape index (κ2) is 8.94. The number of aromatic amines is 1. The summed E-state index contributed by atoms with van der Waals surface area (Å²) in [5.74, 6) is -1.21. The summed E-state index contributed by atoms with van der Waals surface area (Å²) < 4.78 is 18.4. The van der Waals surface area contributed by atoms with Crippen molar-refractivity contribution >= 4 is 50.8 Å². The Morgan fingerprint density at radius 1 is 1.26 bits per heavy atom. The van der Waals surface area contributed by atoms with Crippen LogP contribution in [0.2, 0.25) is 5.02 Å². The number of anilines is 2. The molecule has 2 heterocycles. The molecule has 0 bridgehead atoms. The van der Waals surface area contributed by atoms with E-state index in [0.29, 0.717) is 27.2 Å². The first kappa shape index (κ1) is 21.1. The second-order valence-electron chi connectivity index (χ2n) is 6.54. The Morgan fingerprint density at radius 2 is 2.06 bits per heavy atom. The molecule has 0 unspecified atom stereocenters. The Morgan fingerprint density at radius 3 is 2.84 bits per heavy atom. The highest BCUT2D eigenvalue weighted by atomic mass is 35.5. The molecule has 2 aromatic heterocycles. The van der Waals surface area contributed by atoms with E-state index in [-0.39, 0.29) is 5.56 Å². The van der Waals surface area contributed by atoms with Gasteiger partial charge >= 0.3 is 0 Å². The number of aliphatic hydroxyl groups is 2. The van der Waals surface area contributed by atoms with Gasteiger partial charge in [-0.2, -0.15) is 14.5 Å². The largest absolute Gasteiger partial charge is 0.394 e. The predicted molar refractivity (Wildman–Crippen MR) is 115 cm³/mol. The molecule has 0 radical (unpaired) electrons. The van der Waals surface area contributed by atoms with Crippen LogP contribution in [0, 0.1) is 5.82 Å². The van der Waals surface area contributed by atoms with Gasteiger partial charge in [-0.15, -0.1) is 0 Å². The first-order chi connectivity index (χ1) is 15.0. The molecule has 4 aromatic rings. The zero-order chi connectivity index (χ0) is 22.0. The van der Waals surface area contributed by atoms with E-state index in [0.717, 1.165) is 28.5 Å². The zero-order valence-corrected chi connectivity index (χ0v) is 17.3. The lowest BCUT2D eigenvalue weighted by Gasteiger charge is -2.13. The molecule has 1 amide bonds. The van der Waals surface area contributed by atoms with Gasteiger partial charge in [0, 0.05) is 22.5 Å². The quantitative estimate of drug-likeness (QED) is 0.285. The maximum atomic E-state index is 14.2. The lowest BCUT2D eigenvalue weighted by atomic mass is 10.1. The number of aromatic nitrogens is 4. The zero-order valence-electron chi connectivity index (χ0n) is 15.8. The Kier molecular flexibility index (Phi) is 6.09. The monoisotopic (exact) mass is 462 g/mol. The van der Waals surface area contributed by atoms with Gasteiger partial charge in [0.05, 0.1) is 47.2 Å². The Hall–Kier alpha value is -3.12. The molecule has 160 valence electrons. The van der Waals surface area contributed by atoms with E-state index in [2.05, 4.69) is 30.2 Å². The number of aliphatic hydroxyl groups excluding tert-OH is 2. The third kappa shape index (κ3) is 4.35. The summed E-state index contributed by atoms with van der Waals surface area (Å²) in [6.07, 6.45) is 1.62. The minimum atomic E-state index is -0.888. The summed E-state index contributed by atoms with van der Waals surface area (Å²) in [5, 5.41) is 32.1. The van der Waals surface area contributed by atoms with Crippen molar-refractivity contribution in [1.82, 2.24) is 24.9 Å². The van der Waals surface area contributed by atoms with Crippen LogP contribution >= 0.6 is 23.1 Å². The molecule has 4 rings (SSSR count). The van der Waals surface area contributed by atoms with Crippen molar-refractivity contribution in [3.63, 3.8) is 0 Å². The number of nitrogens with one attached hydrogen (secondary N) is 3. The van der Waals surface area contributed by atoms with Crippen LogP contribution in [0.15, 0.2) is 36.5 Å². The molecule has 0 saturated heterocycles. The molecule has 0 aliphatic carbocycles. The number of hydrogen-bond acceptors (Lipinski definition) is 8. The lowest BCUT2D eigenvalue weighted by Crippen LogP contribution is -2.40. The number of rotatable bonds is 7. The minimum absolute atomic E-state index is 0.248. The topological polar surface area (TPSA) is 136 Å². The van der Waals surface area contributed by atoms with Crippen molar-refractivity contribution in [3.8, 4) is 11.4 Å². The fraction of sp³-hybridized carbons (Fsp3) is 0.158. The van der Waals surface area contributed by atoms with Crippen LogP contribution in [-0.4, -0.2) is 54.9 Å². The normalized spacial score (nSPS) is 11.3. The van der Waals surface area contributed by atoms with Gasteiger partial charge in [0.15, 0.2) is 5.82 Å². The summed E-state index contributed by atoms with van der Waals surface area (Å²) in [6, 6.07) is 6.62. The van der Waals surface area contributed by atoms with Crippen molar-refractivity contribution in [3.05, 3.63) is 52.9 Å². The van der Waals surface area contributed by atoms with Crippen LogP contribution in [0.5, 0.6) is 0 Å². The number of H-pyrrole nitrogens is 1. The molecule has 0 fully saturated rings. The number of halogens is 2. The smallest absolute Gasteiger partial charge is 0.254 e. The van der Waals surface area contributed by atoms with Crippen LogP contribution < -0.4 is 10.6 Å². The standard InChI is InChI=1S/C19H16ClFN6O3S/c20-16-12-6-22-26-14(12)3-4-15(16)24-19-25-17(27-31-19)9-1-2-13(21)11(5-9)18(30)23-10(7-28)8-29/h1-6,10,28-29H,7-8H2,(H,22,26)(H,23,30)(H,24,25,27). The highest BCUT2D eigenvalue weighted by molar-refractivity contribution is 7.10. The summed E-state index contributed by atoms with van der Waals surface area (Å²) in [7, 11) is 0. The predicted octanol–water partition coefficient (Wildman–Crippen LogP) is 2.70. The fourth-order valence-corrected chi connectivity index (χ4v) is 3.70. The molecule has 0 saturated carbocycles. The van der Waals surface area contributed by atoms with E-state index in [1.165, 1.54) is 12.1 Å². The number of hydrogen-bond donors (Lipinski definition) is 5. The lowest BCUT2D eigenvalue weighted by molar-refractivity contribution is 0.0875. The third-order valence-corrected chi connectivity index (χ3v) is 5.51. The average Bonchev–Trinajstić information content (AvgIpc) is 3.44. The molecule has 31 heavy (non-hydrogen) atoms. The molecule has 0 atom stereocenters. The third-order valence-electron chi connectivity index (χ3n) is 4.47. The number of carbonyl (C=O) groups excluding carboxylic acids is 1.